The lowest BCUT2D eigenvalue weighted by Crippen LogP contribution is -2.25. The zero-order valence-corrected chi connectivity index (χ0v) is 19.0. The molecule has 5 rings (SSSR count). The van der Waals surface area contributed by atoms with Crippen LogP contribution in [0.1, 0.15) is 22.4 Å². The van der Waals surface area contributed by atoms with Gasteiger partial charge in [0.05, 0.1) is 23.2 Å². The Morgan fingerprint density at radius 1 is 1.06 bits per heavy atom. The Hall–Kier alpha value is -3.23. The predicted octanol–water partition coefficient (Wildman–Crippen LogP) is 3.61. The summed E-state index contributed by atoms with van der Waals surface area (Å²) in [6.07, 6.45) is 2.46. The van der Waals surface area contributed by atoms with E-state index in [4.69, 9.17) is 9.72 Å². The van der Waals surface area contributed by atoms with E-state index in [-0.39, 0.29) is 4.90 Å². The summed E-state index contributed by atoms with van der Waals surface area (Å²) in [5, 5.41) is 4.14. The number of fused-ring (bicyclic) bond motifs is 2. The standard InChI is InChI=1S/C24H24N4O3S/c1-15-7-9-17(10-8-15)32(29,30)28-14-16(2)22-18(5-4-6-21(22)28)23-26-20-11-12-25-13-19(20)24(27-23)31-3/h4-10,14,25H,11-13H2,1-3H3. The van der Waals surface area contributed by atoms with Crippen molar-refractivity contribution in [1.82, 2.24) is 19.3 Å². The fourth-order valence-electron chi connectivity index (χ4n) is 4.26. The number of aromatic nitrogens is 3. The zero-order chi connectivity index (χ0) is 22.5. The van der Waals surface area contributed by atoms with E-state index >= 15 is 0 Å². The lowest BCUT2D eigenvalue weighted by Gasteiger charge is -2.19. The van der Waals surface area contributed by atoms with Gasteiger partial charge < -0.3 is 10.1 Å². The third kappa shape index (κ3) is 3.27. The maximum atomic E-state index is 13.4. The van der Waals surface area contributed by atoms with Crippen molar-refractivity contribution in [3.8, 4) is 17.3 Å². The molecule has 1 aliphatic rings. The molecule has 0 fully saturated rings. The lowest BCUT2D eigenvalue weighted by atomic mass is 10.0. The second-order valence-electron chi connectivity index (χ2n) is 8.03. The molecule has 0 radical (unpaired) electrons. The van der Waals surface area contributed by atoms with E-state index in [1.54, 1.807) is 37.6 Å². The molecule has 8 heteroatoms. The van der Waals surface area contributed by atoms with Gasteiger partial charge in [0.1, 0.15) is 0 Å². The smallest absolute Gasteiger partial charge is 0.268 e. The highest BCUT2D eigenvalue weighted by molar-refractivity contribution is 7.90. The van der Waals surface area contributed by atoms with Crippen molar-refractivity contribution in [2.24, 2.45) is 0 Å². The molecule has 0 spiro atoms. The van der Waals surface area contributed by atoms with Crippen LogP contribution in [0, 0.1) is 13.8 Å². The van der Waals surface area contributed by atoms with Crippen molar-refractivity contribution in [2.75, 3.05) is 13.7 Å². The van der Waals surface area contributed by atoms with Crippen molar-refractivity contribution in [3.63, 3.8) is 0 Å². The largest absolute Gasteiger partial charge is 0.481 e. The Kier molecular flexibility index (Phi) is 4.98. The first kappa shape index (κ1) is 20.7. The fraction of sp³-hybridized carbons (Fsp3) is 0.250. The molecule has 0 bridgehead atoms. The van der Waals surface area contributed by atoms with Crippen LogP contribution in [0.25, 0.3) is 22.3 Å². The van der Waals surface area contributed by atoms with Crippen LogP contribution in [-0.4, -0.2) is 36.0 Å². The molecule has 3 heterocycles. The molecule has 7 nitrogen and oxygen atoms in total. The molecule has 0 atom stereocenters. The van der Waals surface area contributed by atoms with Crippen molar-refractivity contribution >= 4 is 20.9 Å². The van der Waals surface area contributed by atoms with E-state index < -0.39 is 10.0 Å². The average Bonchev–Trinajstić information content (AvgIpc) is 3.16. The summed E-state index contributed by atoms with van der Waals surface area (Å²) in [4.78, 5) is 9.76. The minimum absolute atomic E-state index is 0.254. The summed E-state index contributed by atoms with van der Waals surface area (Å²) < 4.78 is 33.7. The summed E-state index contributed by atoms with van der Waals surface area (Å²) in [6, 6.07) is 12.5. The van der Waals surface area contributed by atoms with Crippen LogP contribution in [0.15, 0.2) is 53.6 Å². The van der Waals surface area contributed by atoms with Gasteiger partial charge in [-0.2, -0.15) is 4.98 Å². The number of rotatable bonds is 4. The Bertz CT molecular complexity index is 1420. The molecule has 2 aromatic carbocycles. The molecule has 2 aromatic heterocycles. The summed E-state index contributed by atoms with van der Waals surface area (Å²) >= 11 is 0. The summed E-state index contributed by atoms with van der Waals surface area (Å²) in [5.74, 6) is 1.10. The Labute approximate surface area is 187 Å². The Balaban J connectivity index is 1.71. The number of ether oxygens (including phenoxy) is 1. The minimum atomic E-state index is -3.74. The number of benzene rings is 2. The Morgan fingerprint density at radius 3 is 2.59 bits per heavy atom. The number of nitrogens with one attached hydrogen (secondary N) is 1. The number of hydrogen-bond donors (Lipinski definition) is 1. The molecule has 164 valence electrons. The van der Waals surface area contributed by atoms with Gasteiger partial charge in [0, 0.05) is 42.2 Å². The number of aryl methyl sites for hydroxylation is 2. The topological polar surface area (TPSA) is 86.1 Å². The van der Waals surface area contributed by atoms with Crippen LogP contribution < -0.4 is 10.1 Å². The molecular formula is C24H24N4O3S. The summed E-state index contributed by atoms with van der Waals surface area (Å²) in [6.45, 7) is 5.36. The molecule has 0 saturated heterocycles. The first-order valence-corrected chi connectivity index (χ1v) is 11.9. The van der Waals surface area contributed by atoms with Gasteiger partial charge in [0.2, 0.25) is 5.88 Å². The summed E-state index contributed by atoms with van der Waals surface area (Å²) in [7, 11) is -2.14. The maximum absolute atomic E-state index is 13.4. The molecule has 0 aliphatic carbocycles. The van der Waals surface area contributed by atoms with E-state index in [0.717, 1.165) is 46.3 Å². The van der Waals surface area contributed by atoms with Crippen molar-refractivity contribution < 1.29 is 13.2 Å². The van der Waals surface area contributed by atoms with E-state index in [1.807, 2.05) is 32.0 Å². The van der Waals surface area contributed by atoms with E-state index in [1.165, 1.54) is 3.97 Å². The molecular weight excluding hydrogens is 424 g/mol. The second-order valence-corrected chi connectivity index (χ2v) is 9.85. The third-order valence-electron chi connectivity index (χ3n) is 5.89. The Morgan fingerprint density at radius 2 is 1.84 bits per heavy atom. The van der Waals surface area contributed by atoms with Gasteiger partial charge >= 0.3 is 0 Å². The van der Waals surface area contributed by atoms with E-state index in [2.05, 4.69) is 10.3 Å². The van der Waals surface area contributed by atoms with Crippen LogP contribution >= 0.6 is 0 Å². The van der Waals surface area contributed by atoms with Crippen LogP contribution in [0.4, 0.5) is 0 Å². The van der Waals surface area contributed by atoms with Crippen LogP contribution in [0.5, 0.6) is 5.88 Å². The van der Waals surface area contributed by atoms with Gasteiger partial charge in [-0.1, -0.05) is 29.8 Å². The number of methoxy groups -OCH3 is 1. The van der Waals surface area contributed by atoms with Crippen LogP contribution in [0.2, 0.25) is 0 Å². The maximum Gasteiger partial charge on any atom is 0.268 e. The van der Waals surface area contributed by atoms with Gasteiger partial charge in [-0.3, -0.25) is 0 Å². The average molecular weight is 449 g/mol. The molecule has 1 N–H and O–H groups in total. The molecule has 32 heavy (non-hydrogen) atoms. The first-order chi connectivity index (χ1) is 15.4. The SMILES string of the molecule is COc1nc(-c2cccc3c2c(C)cn3S(=O)(=O)c2ccc(C)cc2)nc2c1CNCC2. The molecule has 4 aromatic rings. The highest BCUT2D eigenvalue weighted by atomic mass is 32.2. The third-order valence-corrected chi connectivity index (χ3v) is 7.58. The molecule has 0 saturated carbocycles. The second kappa shape index (κ2) is 7.72. The minimum Gasteiger partial charge on any atom is -0.481 e. The normalized spacial score (nSPS) is 13.8. The lowest BCUT2D eigenvalue weighted by molar-refractivity contribution is 0.386. The van der Waals surface area contributed by atoms with Crippen molar-refractivity contribution in [2.45, 2.75) is 31.7 Å². The number of nitrogens with zero attached hydrogens (tertiary/aromatic N) is 3. The van der Waals surface area contributed by atoms with E-state index in [0.29, 0.717) is 23.8 Å². The predicted molar refractivity (Wildman–Crippen MR) is 123 cm³/mol. The first-order valence-electron chi connectivity index (χ1n) is 10.5. The fourth-order valence-corrected chi connectivity index (χ4v) is 5.67. The van der Waals surface area contributed by atoms with Gasteiger partial charge in [-0.25, -0.2) is 17.4 Å². The monoisotopic (exact) mass is 448 g/mol. The molecule has 0 amide bonds. The zero-order valence-electron chi connectivity index (χ0n) is 18.2. The van der Waals surface area contributed by atoms with Crippen molar-refractivity contribution in [3.05, 3.63) is 71.0 Å². The molecule has 0 unspecified atom stereocenters. The van der Waals surface area contributed by atoms with Crippen LogP contribution in [-0.2, 0) is 23.0 Å². The van der Waals surface area contributed by atoms with Crippen molar-refractivity contribution in [1.29, 1.82) is 0 Å². The van der Waals surface area contributed by atoms with E-state index in [9.17, 15) is 8.42 Å². The van der Waals surface area contributed by atoms with Gasteiger partial charge in [-0.05, 0) is 37.6 Å². The van der Waals surface area contributed by atoms with Gasteiger partial charge in [0.25, 0.3) is 10.0 Å². The molecule has 1 aliphatic heterocycles. The van der Waals surface area contributed by atoms with Crippen LogP contribution in [0.3, 0.4) is 0 Å². The quantitative estimate of drug-likeness (QED) is 0.513. The van der Waals surface area contributed by atoms with Gasteiger partial charge in [0.15, 0.2) is 5.82 Å². The summed E-state index contributed by atoms with van der Waals surface area (Å²) in [5.41, 5.74) is 5.18. The van der Waals surface area contributed by atoms with Gasteiger partial charge in [-0.15, -0.1) is 0 Å². The highest BCUT2D eigenvalue weighted by Gasteiger charge is 2.24. The highest BCUT2D eigenvalue weighted by Crippen LogP contribution is 2.34. The number of hydrogen-bond acceptors (Lipinski definition) is 6.